The number of nitrogens with zero attached hydrogens (tertiary/aromatic N) is 1. The van der Waals surface area contributed by atoms with E-state index in [0.29, 0.717) is 29.3 Å². The van der Waals surface area contributed by atoms with Gasteiger partial charge in [0.2, 0.25) is 0 Å². The Hall–Kier alpha value is -3.59. The van der Waals surface area contributed by atoms with Crippen molar-refractivity contribution in [1.29, 1.82) is 0 Å². The highest BCUT2D eigenvalue weighted by molar-refractivity contribution is 7.92. The smallest absolute Gasteiger partial charge is 0.265 e. The second-order valence-electron chi connectivity index (χ2n) is 6.55. The van der Waals surface area contributed by atoms with Crippen molar-refractivity contribution in [1.82, 2.24) is 4.98 Å². The van der Waals surface area contributed by atoms with Gasteiger partial charge in [0.15, 0.2) is 6.10 Å². The van der Waals surface area contributed by atoms with Gasteiger partial charge in [-0.1, -0.05) is 6.92 Å². The highest BCUT2D eigenvalue weighted by atomic mass is 32.2. The van der Waals surface area contributed by atoms with Crippen molar-refractivity contribution in [3.05, 3.63) is 73.1 Å². The van der Waals surface area contributed by atoms with Crippen LogP contribution >= 0.6 is 0 Å². The lowest BCUT2D eigenvalue weighted by atomic mass is 10.2. The molecular weight excluding hydrogens is 418 g/mol. The molecule has 0 spiro atoms. The number of rotatable bonds is 9. The number of amides is 1. The summed E-state index contributed by atoms with van der Waals surface area (Å²) in [5.74, 6) is 0.908. The van der Waals surface area contributed by atoms with Gasteiger partial charge >= 0.3 is 0 Å². The summed E-state index contributed by atoms with van der Waals surface area (Å²) >= 11 is 0. The molecule has 31 heavy (non-hydrogen) atoms. The number of methoxy groups -OCH3 is 1. The highest BCUT2D eigenvalue weighted by Crippen LogP contribution is 2.21. The van der Waals surface area contributed by atoms with Crippen molar-refractivity contribution >= 4 is 27.3 Å². The zero-order chi connectivity index (χ0) is 22.3. The zero-order valence-corrected chi connectivity index (χ0v) is 17.9. The van der Waals surface area contributed by atoms with E-state index in [2.05, 4.69) is 15.0 Å². The fraction of sp³-hybridized carbons (Fsp3) is 0.182. The van der Waals surface area contributed by atoms with Gasteiger partial charge in [0.1, 0.15) is 11.5 Å². The van der Waals surface area contributed by atoms with Crippen LogP contribution in [0.2, 0.25) is 0 Å². The van der Waals surface area contributed by atoms with Crippen LogP contribution in [0, 0.1) is 0 Å². The lowest BCUT2D eigenvalue weighted by molar-refractivity contribution is -0.122. The maximum absolute atomic E-state index is 12.6. The van der Waals surface area contributed by atoms with Crippen LogP contribution in [0.3, 0.4) is 0 Å². The molecule has 0 aliphatic heterocycles. The van der Waals surface area contributed by atoms with Crippen LogP contribution in [0.25, 0.3) is 0 Å². The quantitative estimate of drug-likeness (QED) is 0.525. The molecule has 3 aromatic rings. The number of carbonyl (C=O) groups is 1. The first kappa shape index (κ1) is 22.1. The zero-order valence-electron chi connectivity index (χ0n) is 17.1. The average Bonchev–Trinajstić information content (AvgIpc) is 2.78. The van der Waals surface area contributed by atoms with Gasteiger partial charge in [-0.25, -0.2) is 8.42 Å². The molecule has 0 aliphatic carbocycles. The molecule has 1 aromatic heterocycles. The van der Waals surface area contributed by atoms with E-state index in [0.717, 1.165) is 0 Å². The number of anilines is 2. The van der Waals surface area contributed by atoms with Crippen LogP contribution in [0.15, 0.2) is 78.0 Å². The molecule has 0 radical (unpaired) electrons. The second-order valence-corrected chi connectivity index (χ2v) is 8.23. The van der Waals surface area contributed by atoms with E-state index in [1.807, 2.05) is 6.92 Å². The van der Waals surface area contributed by atoms with Crippen LogP contribution in [0.4, 0.5) is 11.4 Å². The number of carbonyl (C=O) groups excluding carboxylic acids is 1. The average molecular weight is 442 g/mol. The summed E-state index contributed by atoms with van der Waals surface area (Å²) in [6.45, 7) is 1.84. The summed E-state index contributed by atoms with van der Waals surface area (Å²) in [7, 11) is -2.19. The Kier molecular flexibility index (Phi) is 7.09. The normalized spacial score (nSPS) is 11.9. The topological polar surface area (TPSA) is 107 Å². The third kappa shape index (κ3) is 5.95. The van der Waals surface area contributed by atoms with Gasteiger partial charge in [-0.3, -0.25) is 14.5 Å². The van der Waals surface area contributed by atoms with Gasteiger partial charge in [-0.2, -0.15) is 0 Å². The number of ether oxygens (including phenoxy) is 2. The Morgan fingerprint density at radius 3 is 2.26 bits per heavy atom. The molecule has 0 aliphatic rings. The Bertz CT molecular complexity index is 1100. The predicted molar refractivity (Wildman–Crippen MR) is 118 cm³/mol. The molecule has 1 heterocycles. The first-order chi connectivity index (χ1) is 14.9. The van der Waals surface area contributed by atoms with E-state index in [1.165, 1.54) is 30.5 Å². The van der Waals surface area contributed by atoms with E-state index >= 15 is 0 Å². The fourth-order valence-electron chi connectivity index (χ4n) is 2.72. The lowest BCUT2D eigenvalue weighted by Gasteiger charge is -2.17. The summed E-state index contributed by atoms with van der Waals surface area (Å²) in [4.78, 5) is 16.5. The monoisotopic (exact) mass is 441 g/mol. The third-order valence-corrected chi connectivity index (χ3v) is 5.74. The maximum Gasteiger partial charge on any atom is 0.265 e. The lowest BCUT2D eigenvalue weighted by Crippen LogP contribution is -2.32. The van der Waals surface area contributed by atoms with E-state index in [1.54, 1.807) is 49.7 Å². The SMILES string of the molecule is CCC(Oc1ccc(OC)cc1)C(=O)Nc1ccc(S(=O)(=O)Nc2cccnc2)cc1. The van der Waals surface area contributed by atoms with E-state index in [4.69, 9.17) is 9.47 Å². The summed E-state index contributed by atoms with van der Waals surface area (Å²) < 4.78 is 38.3. The number of hydrogen-bond donors (Lipinski definition) is 2. The highest BCUT2D eigenvalue weighted by Gasteiger charge is 2.19. The first-order valence-corrected chi connectivity index (χ1v) is 11.0. The molecule has 0 saturated carbocycles. The Morgan fingerprint density at radius 2 is 1.68 bits per heavy atom. The van der Waals surface area contributed by atoms with Crippen LogP contribution in [-0.2, 0) is 14.8 Å². The van der Waals surface area contributed by atoms with Gasteiger partial charge in [0, 0.05) is 11.9 Å². The van der Waals surface area contributed by atoms with Crippen molar-refractivity contribution in [2.75, 3.05) is 17.1 Å². The molecule has 1 atom stereocenters. The van der Waals surface area contributed by atoms with Crippen molar-refractivity contribution in [2.45, 2.75) is 24.3 Å². The van der Waals surface area contributed by atoms with Gasteiger partial charge < -0.3 is 14.8 Å². The number of sulfonamides is 1. The number of aromatic nitrogens is 1. The summed E-state index contributed by atoms with van der Waals surface area (Å²) in [6, 6.07) is 16.1. The molecule has 2 aromatic carbocycles. The minimum atomic E-state index is -3.76. The number of benzene rings is 2. The molecule has 0 bridgehead atoms. The molecule has 1 amide bonds. The fourth-order valence-corrected chi connectivity index (χ4v) is 3.76. The molecule has 8 nitrogen and oxygen atoms in total. The van der Waals surface area contributed by atoms with Crippen LogP contribution in [-0.4, -0.2) is 32.5 Å². The van der Waals surface area contributed by atoms with E-state index < -0.39 is 16.1 Å². The predicted octanol–water partition coefficient (Wildman–Crippen LogP) is 3.69. The summed E-state index contributed by atoms with van der Waals surface area (Å²) in [5.41, 5.74) is 0.823. The summed E-state index contributed by atoms with van der Waals surface area (Å²) in [5, 5.41) is 2.75. The van der Waals surface area contributed by atoms with Gasteiger partial charge in [0.25, 0.3) is 15.9 Å². The standard InChI is InChI=1S/C22H23N3O5S/c1-3-21(30-19-10-8-18(29-2)9-11-19)22(26)24-16-6-12-20(13-7-16)31(27,28)25-17-5-4-14-23-15-17/h4-15,21,25H,3H2,1-2H3,(H,24,26). The van der Waals surface area contributed by atoms with Crippen LogP contribution in [0.5, 0.6) is 11.5 Å². The number of nitrogens with one attached hydrogen (secondary N) is 2. The minimum Gasteiger partial charge on any atom is -0.497 e. The van der Waals surface area contributed by atoms with E-state index in [-0.39, 0.29) is 10.8 Å². The molecule has 1 unspecified atom stereocenters. The Morgan fingerprint density at radius 1 is 1.00 bits per heavy atom. The summed E-state index contributed by atoms with van der Waals surface area (Å²) in [6.07, 6.45) is 2.72. The third-order valence-electron chi connectivity index (χ3n) is 4.35. The Labute approximate surface area is 181 Å². The van der Waals surface area contributed by atoms with Gasteiger partial charge in [0.05, 0.1) is 23.9 Å². The largest absolute Gasteiger partial charge is 0.497 e. The molecule has 0 fully saturated rings. The van der Waals surface area contributed by atoms with Gasteiger partial charge in [-0.15, -0.1) is 0 Å². The number of hydrogen-bond acceptors (Lipinski definition) is 6. The van der Waals surface area contributed by atoms with Crippen molar-refractivity contribution < 1.29 is 22.7 Å². The van der Waals surface area contributed by atoms with Crippen molar-refractivity contribution in [3.63, 3.8) is 0 Å². The van der Waals surface area contributed by atoms with Crippen molar-refractivity contribution in [3.8, 4) is 11.5 Å². The molecular formula is C22H23N3O5S. The van der Waals surface area contributed by atoms with Crippen LogP contribution < -0.4 is 19.5 Å². The molecule has 2 N–H and O–H groups in total. The maximum atomic E-state index is 12.6. The van der Waals surface area contributed by atoms with Crippen molar-refractivity contribution in [2.24, 2.45) is 0 Å². The number of pyridine rings is 1. The molecule has 9 heteroatoms. The second kappa shape index (κ2) is 9.94. The first-order valence-electron chi connectivity index (χ1n) is 9.56. The molecule has 0 saturated heterocycles. The minimum absolute atomic E-state index is 0.0656. The van der Waals surface area contributed by atoms with Gasteiger partial charge in [-0.05, 0) is 67.1 Å². The Balaban J connectivity index is 1.64. The molecule has 3 rings (SSSR count). The van der Waals surface area contributed by atoms with Crippen LogP contribution in [0.1, 0.15) is 13.3 Å². The molecule has 162 valence electrons. The van der Waals surface area contributed by atoms with E-state index in [9.17, 15) is 13.2 Å².